The van der Waals surface area contributed by atoms with Crippen LogP contribution in [-0.4, -0.2) is 40.3 Å². The molecule has 0 radical (unpaired) electrons. The Balaban J connectivity index is 1.29. The monoisotopic (exact) mass is 540 g/mol. The number of nitrogens with two attached hydrogens (primary N) is 1. The third-order valence-electron chi connectivity index (χ3n) is 6.37. The van der Waals surface area contributed by atoms with Gasteiger partial charge >= 0.3 is 0 Å². The Morgan fingerprint density at radius 3 is 2.70 bits per heavy atom. The number of nitrogens with one attached hydrogen (secondary N) is 1. The molecule has 0 bridgehead atoms. The molecule has 0 saturated heterocycles. The van der Waals surface area contributed by atoms with E-state index in [1.165, 1.54) is 6.42 Å². The normalized spacial score (nSPS) is 15.5. The minimum absolute atomic E-state index is 0.0607. The summed E-state index contributed by atoms with van der Waals surface area (Å²) in [6.07, 6.45) is 7.73. The number of carbonyl (C=O) groups is 1. The van der Waals surface area contributed by atoms with E-state index in [4.69, 9.17) is 9.88 Å². The Bertz CT molecular complexity index is 1480. The van der Waals surface area contributed by atoms with Gasteiger partial charge in [0.25, 0.3) is 10.0 Å². The number of ether oxygens (including phenoxy) is 1. The number of thiazole rings is 1. The van der Waals surface area contributed by atoms with E-state index in [1.54, 1.807) is 29.1 Å². The van der Waals surface area contributed by atoms with E-state index < -0.39 is 16.1 Å². The molecule has 2 aromatic carbocycles. The second-order valence-electron chi connectivity index (χ2n) is 9.18. The molecule has 10 nitrogen and oxygen atoms in total. The lowest BCUT2D eigenvalue weighted by atomic mass is 9.95. The van der Waals surface area contributed by atoms with Crippen LogP contribution in [0.25, 0.3) is 10.2 Å². The summed E-state index contributed by atoms with van der Waals surface area (Å²) in [5, 5.41) is 16.9. The van der Waals surface area contributed by atoms with Crippen molar-refractivity contribution in [2.45, 2.75) is 61.6 Å². The summed E-state index contributed by atoms with van der Waals surface area (Å²) < 4.78 is 31.1. The summed E-state index contributed by atoms with van der Waals surface area (Å²) in [7, 11) is -3.86. The van der Waals surface area contributed by atoms with Crippen LogP contribution in [0.1, 0.15) is 49.4 Å². The number of hydrogen-bond acceptors (Lipinski definition) is 8. The van der Waals surface area contributed by atoms with Gasteiger partial charge in [0.1, 0.15) is 24.1 Å². The summed E-state index contributed by atoms with van der Waals surface area (Å²) in [4.78, 5) is 17.4. The molecule has 1 saturated carbocycles. The predicted octanol–water partition coefficient (Wildman–Crippen LogP) is 3.35. The predicted molar refractivity (Wildman–Crippen MR) is 140 cm³/mol. The van der Waals surface area contributed by atoms with Gasteiger partial charge in [0.15, 0.2) is 0 Å². The van der Waals surface area contributed by atoms with Crippen molar-refractivity contribution >= 4 is 37.5 Å². The van der Waals surface area contributed by atoms with E-state index in [0.717, 1.165) is 42.6 Å². The second-order valence-corrected chi connectivity index (χ2v) is 11.9. The standard InChI is InChI=1S/C25H28N6O4S2/c26-37(33,34)25-28-21-12-11-20(14-23(21)36-25)35-16-19-15-31(30-29-19)22(13-17-7-3-1-4-8-17)24(32)27-18-9-5-2-6-10-18/h1,3-4,7-8,11-12,14-15,18,22H,2,5-6,9-10,13,16H2,(H,27,32)(H2,26,33,34)/t22-/m0/s1. The fraction of sp³-hybridized carbons (Fsp3) is 0.360. The Labute approximate surface area is 218 Å². The molecule has 0 aliphatic heterocycles. The zero-order valence-electron chi connectivity index (χ0n) is 20.1. The van der Waals surface area contributed by atoms with Crippen LogP contribution in [0.3, 0.4) is 0 Å². The van der Waals surface area contributed by atoms with Crippen molar-refractivity contribution in [3.8, 4) is 5.75 Å². The molecule has 1 aliphatic carbocycles. The van der Waals surface area contributed by atoms with Crippen molar-refractivity contribution in [3.05, 3.63) is 66.0 Å². The van der Waals surface area contributed by atoms with Gasteiger partial charge in [-0.15, -0.1) is 16.4 Å². The highest BCUT2D eigenvalue weighted by molar-refractivity contribution is 7.91. The van der Waals surface area contributed by atoms with Gasteiger partial charge in [-0.2, -0.15) is 0 Å². The molecule has 194 valence electrons. The van der Waals surface area contributed by atoms with E-state index in [1.807, 2.05) is 30.3 Å². The average Bonchev–Trinajstić information content (AvgIpc) is 3.54. The van der Waals surface area contributed by atoms with E-state index in [9.17, 15) is 13.2 Å². The third kappa shape index (κ3) is 6.32. The van der Waals surface area contributed by atoms with Gasteiger partial charge in [-0.05, 0) is 36.6 Å². The highest BCUT2D eigenvalue weighted by Gasteiger charge is 2.26. The molecule has 4 aromatic rings. The van der Waals surface area contributed by atoms with Crippen molar-refractivity contribution in [3.63, 3.8) is 0 Å². The van der Waals surface area contributed by atoms with E-state index in [0.29, 0.717) is 28.1 Å². The van der Waals surface area contributed by atoms with Crippen LogP contribution in [0.5, 0.6) is 5.75 Å². The zero-order chi connectivity index (χ0) is 25.8. The number of amides is 1. The van der Waals surface area contributed by atoms with Gasteiger partial charge < -0.3 is 10.1 Å². The molecular weight excluding hydrogens is 512 g/mol. The van der Waals surface area contributed by atoms with Crippen molar-refractivity contribution in [2.75, 3.05) is 0 Å². The highest BCUT2D eigenvalue weighted by atomic mass is 32.2. The maximum absolute atomic E-state index is 13.3. The SMILES string of the molecule is NS(=O)(=O)c1nc2ccc(OCc3cn([C@@H](Cc4ccccc4)C(=O)NC4CCCCC4)nn3)cc2s1. The molecule has 5 rings (SSSR count). The van der Waals surface area contributed by atoms with Crippen molar-refractivity contribution in [2.24, 2.45) is 5.14 Å². The van der Waals surface area contributed by atoms with E-state index >= 15 is 0 Å². The van der Waals surface area contributed by atoms with Crippen LogP contribution in [0.4, 0.5) is 0 Å². The van der Waals surface area contributed by atoms with Gasteiger partial charge in [-0.3, -0.25) is 4.79 Å². The molecule has 0 unspecified atom stereocenters. The Morgan fingerprint density at radius 1 is 1.16 bits per heavy atom. The molecule has 1 fully saturated rings. The first kappa shape index (κ1) is 25.3. The van der Waals surface area contributed by atoms with Crippen LogP contribution in [0, 0.1) is 0 Å². The summed E-state index contributed by atoms with van der Waals surface area (Å²) >= 11 is 0.986. The number of primary sulfonamides is 1. The lowest BCUT2D eigenvalue weighted by Gasteiger charge is -2.25. The average molecular weight is 541 g/mol. The van der Waals surface area contributed by atoms with Gasteiger partial charge in [0.2, 0.25) is 10.2 Å². The largest absolute Gasteiger partial charge is 0.487 e. The van der Waals surface area contributed by atoms with Gasteiger partial charge in [-0.25, -0.2) is 23.2 Å². The Morgan fingerprint density at radius 2 is 1.95 bits per heavy atom. The number of nitrogens with zero attached hydrogens (tertiary/aromatic N) is 4. The van der Waals surface area contributed by atoms with Crippen molar-refractivity contribution < 1.29 is 17.9 Å². The number of rotatable bonds is 9. The molecule has 1 amide bonds. The van der Waals surface area contributed by atoms with Gasteiger partial charge in [0.05, 0.1) is 16.4 Å². The number of sulfonamides is 1. The number of benzene rings is 2. The molecule has 12 heteroatoms. The van der Waals surface area contributed by atoms with Crippen molar-refractivity contribution in [1.82, 2.24) is 25.3 Å². The number of fused-ring (bicyclic) bond motifs is 1. The number of hydrogen-bond donors (Lipinski definition) is 2. The number of aromatic nitrogens is 4. The molecular formula is C25H28N6O4S2. The van der Waals surface area contributed by atoms with Crippen LogP contribution in [0.15, 0.2) is 59.1 Å². The fourth-order valence-electron chi connectivity index (χ4n) is 4.47. The van der Waals surface area contributed by atoms with E-state index in [-0.39, 0.29) is 22.9 Å². The molecule has 2 aromatic heterocycles. The topological polar surface area (TPSA) is 142 Å². The molecule has 37 heavy (non-hydrogen) atoms. The third-order valence-corrected chi connectivity index (χ3v) is 8.71. The fourth-order valence-corrected chi connectivity index (χ4v) is 6.16. The summed E-state index contributed by atoms with van der Waals surface area (Å²) in [6.45, 7) is 0.134. The van der Waals surface area contributed by atoms with E-state index in [2.05, 4.69) is 20.6 Å². The first-order chi connectivity index (χ1) is 17.8. The molecule has 2 heterocycles. The molecule has 1 aliphatic rings. The molecule has 3 N–H and O–H groups in total. The minimum atomic E-state index is -3.86. The number of carbonyl (C=O) groups excluding carboxylic acids is 1. The smallest absolute Gasteiger partial charge is 0.265 e. The van der Waals surface area contributed by atoms with Crippen molar-refractivity contribution in [1.29, 1.82) is 0 Å². The first-order valence-electron chi connectivity index (χ1n) is 12.2. The van der Waals surface area contributed by atoms with Crippen LogP contribution >= 0.6 is 11.3 Å². The van der Waals surface area contributed by atoms with Crippen LogP contribution in [-0.2, 0) is 27.8 Å². The second kappa shape index (κ2) is 11.0. The zero-order valence-corrected chi connectivity index (χ0v) is 21.7. The lowest BCUT2D eigenvalue weighted by Crippen LogP contribution is -2.41. The summed E-state index contributed by atoms with van der Waals surface area (Å²) in [5.74, 6) is 0.469. The quantitative estimate of drug-likeness (QED) is 0.331. The van der Waals surface area contributed by atoms with Crippen LogP contribution < -0.4 is 15.2 Å². The Kier molecular flexibility index (Phi) is 7.49. The summed E-state index contributed by atoms with van der Waals surface area (Å²) in [5.41, 5.74) is 2.13. The maximum atomic E-state index is 13.3. The van der Waals surface area contributed by atoms with Gasteiger partial charge in [0, 0.05) is 12.5 Å². The molecule has 1 atom stereocenters. The van der Waals surface area contributed by atoms with Crippen LogP contribution in [0.2, 0.25) is 0 Å². The molecule has 0 spiro atoms. The Hall–Kier alpha value is -3.35. The highest BCUT2D eigenvalue weighted by Crippen LogP contribution is 2.28. The lowest BCUT2D eigenvalue weighted by molar-refractivity contribution is -0.125. The first-order valence-corrected chi connectivity index (χ1v) is 14.5. The van der Waals surface area contributed by atoms with Gasteiger partial charge in [-0.1, -0.05) is 54.8 Å². The summed E-state index contributed by atoms with van der Waals surface area (Å²) in [6, 6.07) is 14.6. The maximum Gasteiger partial charge on any atom is 0.265 e. The minimum Gasteiger partial charge on any atom is -0.487 e.